The largest absolute Gasteiger partial charge is 0.0845 e. The Balaban J connectivity index is 2.53. The van der Waals surface area contributed by atoms with Crippen molar-refractivity contribution in [2.75, 3.05) is 0 Å². The summed E-state index contributed by atoms with van der Waals surface area (Å²) in [6.45, 7) is 4.56. The molecule has 0 bridgehead atoms. The fourth-order valence-corrected chi connectivity index (χ4v) is 2.86. The molecule has 0 saturated carbocycles. The van der Waals surface area contributed by atoms with Gasteiger partial charge < -0.3 is 0 Å². The molecule has 2 aromatic carbocycles. The van der Waals surface area contributed by atoms with E-state index in [0.717, 1.165) is 15.1 Å². The Morgan fingerprint density at radius 1 is 0.929 bits per heavy atom. The average Bonchev–Trinajstić information content (AvgIpc) is 2.18. The molecule has 14 heavy (non-hydrogen) atoms. The molecule has 2 aromatic rings. The summed E-state index contributed by atoms with van der Waals surface area (Å²) in [6.07, 6.45) is 0. The topological polar surface area (TPSA) is 0 Å². The van der Waals surface area contributed by atoms with Crippen molar-refractivity contribution in [1.29, 1.82) is 0 Å². The Labute approximate surface area is 87.8 Å². The predicted octanol–water partition coefficient (Wildman–Crippen LogP) is 3.00. The molecule has 0 aliphatic heterocycles. The van der Waals surface area contributed by atoms with Crippen LogP contribution in [0.15, 0.2) is 42.5 Å². The normalized spacial score (nSPS) is 11.1. The van der Waals surface area contributed by atoms with Gasteiger partial charge in [-0.2, -0.15) is 0 Å². The Kier molecular flexibility index (Phi) is 2.68. The van der Waals surface area contributed by atoms with Crippen LogP contribution in [0.25, 0.3) is 10.8 Å². The first-order valence-corrected chi connectivity index (χ1v) is 6.09. The highest BCUT2D eigenvalue weighted by molar-refractivity contribution is 6.58. The van der Waals surface area contributed by atoms with Crippen LogP contribution in [-0.2, 0) is 0 Å². The van der Waals surface area contributed by atoms with Gasteiger partial charge in [0, 0.05) is 0 Å². The maximum Gasteiger partial charge on any atom is 0.0845 e. The second-order valence-corrected chi connectivity index (χ2v) is 5.81. The third-order valence-electron chi connectivity index (χ3n) is 2.23. The van der Waals surface area contributed by atoms with E-state index in [2.05, 4.69) is 56.3 Å². The number of rotatable bonds is 2. The van der Waals surface area contributed by atoms with Gasteiger partial charge in [0.1, 0.15) is 0 Å². The number of hydrogen-bond donors (Lipinski definition) is 0. The molecular weight excluding hydrogens is 184 g/mol. The van der Waals surface area contributed by atoms with Crippen molar-refractivity contribution in [3.8, 4) is 0 Å². The van der Waals surface area contributed by atoms with Crippen LogP contribution in [0.3, 0.4) is 0 Å². The monoisotopic (exact) mass is 198 g/mol. The van der Waals surface area contributed by atoms with Crippen molar-refractivity contribution < 1.29 is 0 Å². The van der Waals surface area contributed by atoms with Crippen LogP contribution in [0.2, 0.25) is 5.54 Å². The molecule has 0 spiro atoms. The summed E-state index contributed by atoms with van der Waals surface area (Å²) in [5, 5.41) is 4.28. The third-order valence-corrected chi connectivity index (χ3v) is 3.56. The minimum absolute atomic E-state index is 0.751. The highest BCUT2D eigenvalue weighted by Gasteiger charge is 2.03. The number of benzene rings is 2. The SMILES string of the molecule is CC(C)[Si]c1cccc2ccccc12. The molecule has 0 nitrogen and oxygen atoms in total. The molecule has 0 aliphatic carbocycles. The standard InChI is InChI=1S/C13H14Si/c1-10(2)14-13-9-5-7-11-6-3-4-8-12(11)13/h3-10H,1-2H3. The smallest absolute Gasteiger partial charge is 0.0653 e. The summed E-state index contributed by atoms with van der Waals surface area (Å²) >= 11 is 0. The molecule has 0 atom stereocenters. The molecule has 0 amide bonds. The molecule has 0 aliphatic rings. The lowest BCUT2D eigenvalue weighted by Gasteiger charge is -2.07. The van der Waals surface area contributed by atoms with Crippen LogP contribution in [-0.4, -0.2) is 9.52 Å². The summed E-state index contributed by atoms with van der Waals surface area (Å²) in [6, 6.07) is 15.2. The van der Waals surface area contributed by atoms with Crippen molar-refractivity contribution in [1.82, 2.24) is 0 Å². The molecule has 0 N–H and O–H groups in total. The van der Waals surface area contributed by atoms with Gasteiger partial charge in [-0.3, -0.25) is 0 Å². The average molecular weight is 198 g/mol. The molecule has 0 fully saturated rings. The van der Waals surface area contributed by atoms with Crippen LogP contribution >= 0.6 is 0 Å². The van der Waals surface area contributed by atoms with E-state index in [1.807, 2.05) is 0 Å². The quantitative estimate of drug-likeness (QED) is 0.651. The van der Waals surface area contributed by atoms with Gasteiger partial charge in [-0.25, -0.2) is 0 Å². The zero-order chi connectivity index (χ0) is 9.97. The Hall–Kier alpha value is -1.08. The van der Waals surface area contributed by atoms with Crippen LogP contribution in [0.4, 0.5) is 0 Å². The van der Waals surface area contributed by atoms with E-state index in [1.165, 1.54) is 16.0 Å². The van der Waals surface area contributed by atoms with E-state index in [0.29, 0.717) is 0 Å². The van der Waals surface area contributed by atoms with Gasteiger partial charge in [0.15, 0.2) is 0 Å². The van der Waals surface area contributed by atoms with Gasteiger partial charge in [0.05, 0.1) is 9.52 Å². The van der Waals surface area contributed by atoms with Gasteiger partial charge in [-0.1, -0.05) is 67.0 Å². The van der Waals surface area contributed by atoms with Gasteiger partial charge in [0.2, 0.25) is 0 Å². The molecule has 0 saturated heterocycles. The van der Waals surface area contributed by atoms with Gasteiger partial charge in [-0.15, -0.1) is 0 Å². The fraction of sp³-hybridized carbons (Fsp3) is 0.231. The van der Waals surface area contributed by atoms with Crippen molar-refractivity contribution in [3.63, 3.8) is 0 Å². The van der Waals surface area contributed by atoms with Crippen molar-refractivity contribution in [2.45, 2.75) is 19.4 Å². The molecule has 1 heteroatoms. The van der Waals surface area contributed by atoms with E-state index < -0.39 is 0 Å². The molecule has 2 radical (unpaired) electrons. The lowest BCUT2D eigenvalue weighted by atomic mass is 10.1. The lowest BCUT2D eigenvalue weighted by Crippen LogP contribution is -2.17. The van der Waals surface area contributed by atoms with E-state index in [9.17, 15) is 0 Å². The highest BCUT2D eigenvalue weighted by atomic mass is 28.2. The summed E-state index contributed by atoms with van der Waals surface area (Å²) in [4.78, 5) is 0. The molecule has 0 unspecified atom stereocenters. The minimum atomic E-state index is 0.751. The third kappa shape index (κ3) is 1.88. The van der Waals surface area contributed by atoms with E-state index >= 15 is 0 Å². The first-order chi connectivity index (χ1) is 6.77. The minimum Gasteiger partial charge on any atom is -0.0653 e. The Morgan fingerprint density at radius 3 is 2.43 bits per heavy atom. The summed E-state index contributed by atoms with van der Waals surface area (Å²) in [5.74, 6) is 0. The van der Waals surface area contributed by atoms with E-state index in [-0.39, 0.29) is 0 Å². The summed E-state index contributed by atoms with van der Waals surface area (Å²) in [5.41, 5.74) is 0.751. The van der Waals surface area contributed by atoms with Crippen molar-refractivity contribution in [2.24, 2.45) is 0 Å². The van der Waals surface area contributed by atoms with Crippen LogP contribution in [0.5, 0.6) is 0 Å². The van der Waals surface area contributed by atoms with Crippen LogP contribution < -0.4 is 5.19 Å². The maximum absolute atomic E-state index is 2.28. The molecular formula is C13H14Si. The second kappa shape index (κ2) is 3.97. The van der Waals surface area contributed by atoms with Gasteiger partial charge >= 0.3 is 0 Å². The summed E-state index contributed by atoms with van der Waals surface area (Å²) in [7, 11) is 0.915. The molecule has 70 valence electrons. The van der Waals surface area contributed by atoms with Gasteiger partial charge in [-0.05, 0) is 10.8 Å². The van der Waals surface area contributed by atoms with Crippen molar-refractivity contribution in [3.05, 3.63) is 42.5 Å². The van der Waals surface area contributed by atoms with Gasteiger partial charge in [0.25, 0.3) is 0 Å². The lowest BCUT2D eigenvalue weighted by molar-refractivity contribution is 1.07. The predicted molar refractivity (Wildman–Crippen MR) is 64.4 cm³/mol. The number of fused-ring (bicyclic) bond motifs is 1. The first-order valence-electron chi connectivity index (χ1n) is 5.01. The van der Waals surface area contributed by atoms with Crippen LogP contribution in [0.1, 0.15) is 13.8 Å². The maximum atomic E-state index is 2.28. The Bertz CT molecular complexity index is 427. The number of hydrogen-bond acceptors (Lipinski definition) is 0. The highest BCUT2D eigenvalue weighted by Crippen LogP contribution is 2.11. The molecule has 2 rings (SSSR count). The summed E-state index contributed by atoms with van der Waals surface area (Å²) < 4.78 is 0. The Morgan fingerprint density at radius 2 is 1.64 bits per heavy atom. The first kappa shape index (κ1) is 9.47. The zero-order valence-electron chi connectivity index (χ0n) is 8.62. The second-order valence-electron chi connectivity index (χ2n) is 3.83. The molecule has 0 aromatic heterocycles. The zero-order valence-corrected chi connectivity index (χ0v) is 9.62. The van der Waals surface area contributed by atoms with E-state index in [1.54, 1.807) is 0 Å². The van der Waals surface area contributed by atoms with Crippen LogP contribution in [0, 0.1) is 0 Å². The van der Waals surface area contributed by atoms with Crippen molar-refractivity contribution >= 4 is 25.5 Å². The van der Waals surface area contributed by atoms with E-state index in [4.69, 9.17) is 0 Å². The fourth-order valence-electron chi connectivity index (χ4n) is 1.66. The molecule has 0 heterocycles.